The lowest BCUT2D eigenvalue weighted by Gasteiger charge is -2.36. The van der Waals surface area contributed by atoms with E-state index in [9.17, 15) is 30.0 Å². The average molecular weight is 287 g/mol. The standard InChI is InChI=1S/C11H16N2O7/c1-12-9(17)5(10(18)13(2)11(12)19)8-7(16)6(15)4(14)3-20-8/h4,6-8,14-17H,3H2,1-2H3/p-1/t4-,6+,7-,8+/m1/s1. The summed E-state index contributed by atoms with van der Waals surface area (Å²) >= 11 is 0. The van der Waals surface area contributed by atoms with Crippen LogP contribution in [0.2, 0.25) is 0 Å². The van der Waals surface area contributed by atoms with Crippen molar-refractivity contribution in [1.82, 2.24) is 9.13 Å². The number of ether oxygens (including phenoxy) is 1. The average Bonchev–Trinajstić information content (AvgIpc) is 2.43. The van der Waals surface area contributed by atoms with E-state index in [-0.39, 0.29) is 6.61 Å². The molecule has 1 aliphatic rings. The first-order chi connectivity index (χ1) is 9.27. The summed E-state index contributed by atoms with van der Waals surface area (Å²) in [4.78, 5) is 23.6. The zero-order chi connectivity index (χ0) is 15.2. The molecule has 2 rings (SSSR count). The highest BCUT2D eigenvalue weighted by molar-refractivity contribution is 5.26. The van der Waals surface area contributed by atoms with Crippen LogP contribution >= 0.6 is 0 Å². The third-order valence-corrected chi connectivity index (χ3v) is 3.43. The lowest BCUT2D eigenvalue weighted by Crippen LogP contribution is -2.51. The predicted octanol–water partition coefficient (Wildman–Crippen LogP) is -3.69. The molecule has 3 N–H and O–H groups in total. The van der Waals surface area contributed by atoms with Crippen molar-refractivity contribution < 1.29 is 25.2 Å². The maximum atomic E-state index is 12.0. The SMILES string of the molecule is Cn1c([O-])c([C@@H]2OC[C@@H](O)[C@H](O)[C@H]2O)c(=O)n(C)c1=O. The van der Waals surface area contributed by atoms with Crippen LogP contribution in [0.4, 0.5) is 0 Å². The monoisotopic (exact) mass is 287 g/mol. The highest BCUT2D eigenvalue weighted by Crippen LogP contribution is 2.29. The highest BCUT2D eigenvalue weighted by atomic mass is 16.5. The molecule has 0 unspecified atom stereocenters. The summed E-state index contributed by atoms with van der Waals surface area (Å²) in [5.41, 5.74) is -2.14. The van der Waals surface area contributed by atoms with E-state index >= 15 is 0 Å². The second-order valence-electron chi connectivity index (χ2n) is 4.73. The molecule has 0 aromatic carbocycles. The van der Waals surface area contributed by atoms with Crippen LogP contribution < -0.4 is 16.4 Å². The van der Waals surface area contributed by atoms with Crippen molar-refractivity contribution in [3.8, 4) is 5.88 Å². The van der Waals surface area contributed by atoms with Crippen LogP contribution in [0.3, 0.4) is 0 Å². The van der Waals surface area contributed by atoms with Gasteiger partial charge in [-0.2, -0.15) is 0 Å². The molecule has 0 saturated carbocycles. The molecule has 9 nitrogen and oxygen atoms in total. The van der Waals surface area contributed by atoms with E-state index in [2.05, 4.69) is 0 Å². The first kappa shape index (κ1) is 14.7. The van der Waals surface area contributed by atoms with Gasteiger partial charge < -0.3 is 29.7 Å². The normalized spacial score (nSPS) is 30.4. The van der Waals surface area contributed by atoms with Crippen LogP contribution in [-0.4, -0.2) is 49.4 Å². The van der Waals surface area contributed by atoms with E-state index in [0.717, 1.165) is 0 Å². The van der Waals surface area contributed by atoms with Crippen LogP contribution in [0.5, 0.6) is 5.88 Å². The molecule has 2 heterocycles. The zero-order valence-corrected chi connectivity index (χ0v) is 10.9. The lowest BCUT2D eigenvalue weighted by molar-refractivity contribution is -0.284. The number of aromatic nitrogens is 2. The Morgan fingerprint density at radius 2 is 1.75 bits per heavy atom. The fourth-order valence-electron chi connectivity index (χ4n) is 2.16. The van der Waals surface area contributed by atoms with Crippen molar-refractivity contribution in [3.05, 3.63) is 26.4 Å². The van der Waals surface area contributed by atoms with E-state index in [1.54, 1.807) is 0 Å². The molecule has 1 aromatic heterocycles. The van der Waals surface area contributed by atoms with Crippen molar-refractivity contribution in [2.24, 2.45) is 14.1 Å². The molecule has 20 heavy (non-hydrogen) atoms. The van der Waals surface area contributed by atoms with Crippen LogP contribution in [-0.2, 0) is 18.8 Å². The van der Waals surface area contributed by atoms with Crippen LogP contribution in [0.15, 0.2) is 9.59 Å². The molecular formula is C11H15N2O7-. The van der Waals surface area contributed by atoms with Gasteiger partial charge in [0.25, 0.3) is 5.56 Å². The van der Waals surface area contributed by atoms with Gasteiger partial charge in [-0.05, 0) is 5.88 Å². The van der Waals surface area contributed by atoms with Crippen LogP contribution in [0.25, 0.3) is 0 Å². The zero-order valence-electron chi connectivity index (χ0n) is 10.9. The maximum absolute atomic E-state index is 12.0. The van der Waals surface area contributed by atoms with E-state index in [1.807, 2.05) is 0 Å². The van der Waals surface area contributed by atoms with Gasteiger partial charge in [-0.25, -0.2) is 4.79 Å². The molecule has 1 aliphatic heterocycles. The molecule has 0 bridgehead atoms. The fraction of sp³-hybridized carbons (Fsp3) is 0.636. The van der Waals surface area contributed by atoms with Gasteiger partial charge in [0.2, 0.25) is 0 Å². The molecule has 1 saturated heterocycles. The highest BCUT2D eigenvalue weighted by Gasteiger charge is 2.40. The second-order valence-corrected chi connectivity index (χ2v) is 4.73. The summed E-state index contributed by atoms with van der Waals surface area (Å²) in [6.07, 6.45) is -5.90. The fourth-order valence-corrected chi connectivity index (χ4v) is 2.16. The smallest absolute Gasteiger partial charge is 0.329 e. The van der Waals surface area contributed by atoms with Crippen molar-refractivity contribution >= 4 is 0 Å². The summed E-state index contributed by atoms with van der Waals surface area (Å²) in [7, 11) is 2.38. The first-order valence-corrected chi connectivity index (χ1v) is 5.90. The molecule has 4 atom stereocenters. The molecule has 0 aliphatic carbocycles. The van der Waals surface area contributed by atoms with E-state index in [0.29, 0.717) is 9.13 Å². The van der Waals surface area contributed by atoms with Gasteiger partial charge in [0.05, 0.1) is 12.2 Å². The van der Waals surface area contributed by atoms with Gasteiger partial charge >= 0.3 is 5.69 Å². The summed E-state index contributed by atoms with van der Waals surface area (Å²) in [6.45, 7) is -0.339. The molecule has 112 valence electrons. The van der Waals surface area contributed by atoms with Crippen LogP contribution in [0, 0.1) is 0 Å². The maximum Gasteiger partial charge on any atom is 0.329 e. The Morgan fingerprint density at radius 3 is 2.35 bits per heavy atom. The number of rotatable bonds is 1. The van der Waals surface area contributed by atoms with Gasteiger partial charge in [0.1, 0.15) is 24.4 Å². The molecule has 0 radical (unpaired) electrons. The molecule has 1 fully saturated rings. The number of hydrogen-bond acceptors (Lipinski definition) is 7. The van der Waals surface area contributed by atoms with Crippen molar-refractivity contribution in [2.45, 2.75) is 24.4 Å². The second kappa shape index (κ2) is 5.02. The molecule has 0 amide bonds. The summed E-state index contributed by atoms with van der Waals surface area (Å²) < 4.78 is 6.51. The van der Waals surface area contributed by atoms with Gasteiger partial charge in [-0.15, -0.1) is 0 Å². The molecular weight excluding hydrogens is 272 g/mol. The third-order valence-electron chi connectivity index (χ3n) is 3.43. The van der Waals surface area contributed by atoms with Crippen molar-refractivity contribution in [1.29, 1.82) is 0 Å². The minimum atomic E-state index is -1.64. The number of aliphatic hydroxyl groups excluding tert-OH is 3. The summed E-state index contributed by atoms with van der Waals surface area (Å²) in [6, 6.07) is 0. The molecule has 9 heteroatoms. The van der Waals surface area contributed by atoms with Gasteiger partial charge in [-0.3, -0.25) is 9.36 Å². The first-order valence-electron chi connectivity index (χ1n) is 5.90. The number of hydrogen-bond donors (Lipinski definition) is 3. The van der Waals surface area contributed by atoms with E-state index in [4.69, 9.17) is 4.74 Å². The molecule has 1 aromatic rings. The minimum absolute atomic E-state index is 0.339. The Hall–Kier alpha value is -1.68. The van der Waals surface area contributed by atoms with E-state index in [1.165, 1.54) is 14.1 Å². The molecule has 0 spiro atoms. The Morgan fingerprint density at radius 1 is 1.15 bits per heavy atom. The quantitative estimate of drug-likeness (QED) is 0.483. The van der Waals surface area contributed by atoms with E-state index < -0.39 is 47.1 Å². The predicted molar refractivity (Wildman–Crippen MR) is 63.1 cm³/mol. The number of nitrogens with zero attached hydrogens (tertiary/aromatic N) is 2. The third kappa shape index (κ3) is 2.04. The topological polar surface area (TPSA) is 137 Å². The summed E-state index contributed by atoms with van der Waals surface area (Å²) in [5.74, 6) is -0.897. The van der Waals surface area contributed by atoms with Crippen LogP contribution in [0.1, 0.15) is 11.7 Å². The largest absolute Gasteiger partial charge is 0.860 e. The Balaban J connectivity index is 2.60. The van der Waals surface area contributed by atoms with Gasteiger partial charge in [-0.1, -0.05) is 0 Å². The summed E-state index contributed by atoms with van der Waals surface area (Å²) in [5, 5.41) is 40.8. The van der Waals surface area contributed by atoms with Crippen molar-refractivity contribution in [2.75, 3.05) is 6.61 Å². The Labute approximate surface area is 112 Å². The lowest BCUT2D eigenvalue weighted by atomic mass is 9.96. The minimum Gasteiger partial charge on any atom is -0.860 e. The Kier molecular flexibility index (Phi) is 3.69. The number of aliphatic hydroxyl groups is 3. The van der Waals surface area contributed by atoms with Gasteiger partial charge in [0, 0.05) is 14.1 Å². The van der Waals surface area contributed by atoms with Crippen molar-refractivity contribution in [3.63, 3.8) is 0 Å². The Bertz CT molecular complexity index is 635. The van der Waals surface area contributed by atoms with Gasteiger partial charge in [0.15, 0.2) is 0 Å².